The number of hydrogen-bond acceptors (Lipinski definition) is 3. The van der Waals surface area contributed by atoms with Crippen molar-refractivity contribution in [3.63, 3.8) is 0 Å². The number of esters is 1. The summed E-state index contributed by atoms with van der Waals surface area (Å²) < 4.78 is 5.15. The summed E-state index contributed by atoms with van der Waals surface area (Å²) in [7, 11) is 0. The summed E-state index contributed by atoms with van der Waals surface area (Å²) in [5.41, 5.74) is 0.682. The quantitative estimate of drug-likeness (QED) is 0.380. The van der Waals surface area contributed by atoms with Crippen LogP contribution < -0.4 is 10.1 Å². The highest BCUT2D eigenvalue weighted by molar-refractivity contribution is 9.09. The van der Waals surface area contributed by atoms with Crippen LogP contribution in [0.15, 0.2) is 24.3 Å². The Kier molecular flexibility index (Phi) is 6.43. The zero-order valence-electron chi connectivity index (χ0n) is 10.2. The highest BCUT2D eigenvalue weighted by Gasteiger charge is 2.04. The molecule has 0 atom stereocenters. The van der Waals surface area contributed by atoms with Crippen LogP contribution in [0, 0.1) is 0 Å². The minimum Gasteiger partial charge on any atom is -0.427 e. The molecule has 0 spiro atoms. The second-order valence-corrected chi connectivity index (χ2v) is 4.62. The van der Waals surface area contributed by atoms with E-state index in [1.54, 1.807) is 24.3 Å². The van der Waals surface area contributed by atoms with Crippen LogP contribution in [0.3, 0.4) is 0 Å². The van der Waals surface area contributed by atoms with Gasteiger partial charge in [-0.1, -0.05) is 15.9 Å². The number of halogens is 1. The molecule has 1 rings (SSSR count). The Balaban J connectivity index is 2.43. The van der Waals surface area contributed by atoms with E-state index in [0.717, 1.165) is 18.2 Å². The number of benzene rings is 1. The Morgan fingerprint density at radius 2 is 1.89 bits per heavy atom. The van der Waals surface area contributed by atoms with E-state index in [9.17, 15) is 9.59 Å². The third kappa shape index (κ3) is 5.82. The van der Waals surface area contributed by atoms with Crippen LogP contribution in [0.1, 0.15) is 26.2 Å². The minimum atomic E-state index is -0.233. The molecule has 1 aromatic rings. The van der Waals surface area contributed by atoms with Crippen molar-refractivity contribution < 1.29 is 14.3 Å². The number of ether oxygens (including phenoxy) is 1. The molecule has 0 bridgehead atoms. The summed E-state index contributed by atoms with van der Waals surface area (Å²) >= 11 is 3.31. The van der Waals surface area contributed by atoms with Crippen molar-refractivity contribution in [2.45, 2.75) is 26.2 Å². The second kappa shape index (κ2) is 7.87. The maximum Gasteiger partial charge on any atom is 0.311 e. The summed E-state index contributed by atoms with van der Waals surface area (Å²) in [6, 6.07) is 6.71. The molecule has 0 radical (unpaired) electrons. The van der Waals surface area contributed by atoms with Crippen LogP contribution in [0.4, 0.5) is 5.69 Å². The van der Waals surface area contributed by atoms with Gasteiger partial charge in [0.05, 0.1) is 0 Å². The highest BCUT2D eigenvalue weighted by atomic mass is 79.9. The van der Waals surface area contributed by atoms with Gasteiger partial charge in [-0.2, -0.15) is 0 Å². The van der Waals surface area contributed by atoms with Crippen molar-refractivity contribution >= 4 is 33.5 Å². The monoisotopic (exact) mass is 313 g/mol. The number of unbranched alkanes of at least 4 members (excludes halogenated alkanes) is 1. The molecule has 0 saturated heterocycles. The maximum absolute atomic E-state index is 11.4. The highest BCUT2D eigenvalue weighted by Crippen LogP contribution is 2.16. The molecule has 18 heavy (non-hydrogen) atoms. The molecule has 1 N–H and O–H groups in total. The largest absolute Gasteiger partial charge is 0.427 e. The molecule has 0 heterocycles. The Labute approximate surface area is 115 Å². The summed E-state index contributed by atoms with van der Waals surface area (Å²) in [6.07, 6.45) is 2.18. The van der Waals surface area contributed by atoms with Gasteiger partial charge in [0, 0.05) is 24.4 Å². The first-order chi connectivity index (χ1) is 8.61. The third-order valence-corrected chi connectivity index (χ3v) is 2.73. The van der Waals surface area contributed by atoms with Gasteiger partial charge < -0.3 is 10.1 Å². The predicted octanol–water partition coefficient (Wildman–Crippen LogP) is 3.12. The lowest BCUT2D eigenvalue weighted by Gasteiger charge is -2.05. The van der Waals surface area contributed by atoms with E-state index in [1.165, 1.54) is 6.92 Å². The normalized spacial score (nSPS) is 9.89. The van der Waals surface area contributed by atoms with Crippen LogP contribution in [0.2, 0.25) is 0 Å². The molecule has 1 aromatic carbocycles. The van der Waals surface area contributed by atoms with Crippen molar-refractivity contribution in [2.75, 3.05) is 10.6 Å². The topological polar surface area (TPSA) is 55.4 Å². The van der Waals surface area contributed by atoms with E-state index >= 15 is 0 Å². The van der Waals surface area contributed by atoms with E-state index in [-0.39, 0.29) is 11.9 Å². The van der Waals surface area contributed by atoms with Gasteiger partial charge in [-0.3, -0.25) is 9.59 Å². The number of carbonyl (C=O) groups excluding carboxylic acids is 2. The van der Waals surface area contributed by atoms with Crippen molar-refractivity contribution in [1.29, 1.82) is 0 Å². The molecule has 0 aliphatic rings. The Bertz CT molecular complexity index is 403. The summed E-state index contributed by atoms with van der Waals surface area (Å²) in [5, 5.41) is 3.54. The standard InChI is InChI=1S/C13H16BrNO3/c1-10(16)15-11-5-7-12(8-6-11)18-13(17)4-2-3-9-14/h5-8H,2-4,9H2,1H3,(H,15,16). The molecule has 0 unspecified atom stereocenters. The number of alkyl halides is 1. The van der Waals surface area contributed by atoms with Crippen molar-refractivity contribution in [1.82, 2.24) is 0 Å². The van der Waals surface area contributed by atoms with Gasteiger partial charge in [0.1, 0.15) is 5.75 Å². The average Bonchev–Trinajstić information content (AvgIpc) is 2.31. The Hall–Kier alpha value is -1.36. The van der Waals surface area contributed by atoms with Crippen LogP contribution in [-0.4, -0.2) is 17.2 Å². The maximum atomic E-state index is 11.4. The number of amides is 1. The van der Waals surface area contributed by atoms with Crippen molar-refractivity contribution in [2.24, 2.45) is 0 Å². The second-order valence-electron chi connectivity index (χ2n) is 3.83. The number of rotatable bonds is 6. The summed E-state index contributed by atoms with van der Waals surface area (Å²) in [4.78, 5) is 22.3. The molecule has 0 aliphatic heterocycles. The van der Waals surface area contributed by atoms with Crippen LogP contribution in [-0.2, 0) is 9.59 Å². The zero-order chi connectivity index (χ0) is 13.4. The third-order valence-electron chi connectivity index (χ3n) is 2.17. The predicted molar refractivity (Wildman–Crippen MR) is 74.0 cm³/mol. The average molecular weight is 314 g/mol. The van der Waals surface area contributed by atoms with Crippen molar-refractivity contribution in [3.8, 4) is 5.75 Å². The Morgan fingerprint density at radius 1 is 1.22 bits per heavy atom. The van der Waals surface area contributed by atoms with E-state index in [1.807, 2.05) is 0 Å². The van der Waals surface area contributed by atoms with E-state index in [4.69, 9.17) is 4.74 Å². The van der Waals surface area contributed by atoms with Crippen molar-refractivity contribution in [3.05, 3.63) is 24.3 Å². The van der Waals surface area contributed by atoms with E-state index in [0.29, 0.717) is 17.9 Å². The Morgan fingerprint density at radius 3 is 2.44 bits per heavy atom. The van der Waals surface area contributed by atoms with Gasteiger partial charge in [-0.25, -0.2) is 0 Å². The lowest BCUT2D eigenvalue weighted by atomic mass is 10.2. The molecule has 1 amide bonds. The fraction of sp³-hybridized carbons (Fsp3) is 0.385. The first kappa shape index (κ1) is 14.7. The van der Waals surface area contributed by atoms with Gasteiger partial charge in [0.25, 0.3) is 0 Å². The first-order valence-electron chi connectivity index (χ1n) is 5.76. The molecule has 0 saturated carbocycles. The lowest BCUT2D eigenvalue weighted by Crippen LogP contribution is -2.08. The first-order valence-corrected chi connectivity index (χ1v) is 6.88. The molecule has 5 heteroatoms. The van der Waals surface area contributed by atoms with Gasteiger partial charge >= 0.3 is 5.97 Å². The molecule has 0 aromatic heterocycles. The molecule has 0 aliphatic carbocycles. The summed E-state index contributed by atoms with van der Waals surface area (Å²) in [5.74, 6) is 0.130. The van der Waals surface area contributed by atoms with E-state index in [2.05, 4.69) is 21.2 Å². The molecular weight excluding hydrogens is 298 g/mol. The molecule has 98 valence electrons. The van der Waals surface area contributed by atoms with Gasteiger partial charge in [-0.05, 0) is 37.1 Å². The number of anilines is 1. The lowest BCUT2D eigenvalue weighted by molar-refractivity contribution is -0.134. The minimum absolute atomic E-state index is 0.130. The summed E-state index contributed by atoms with van der Waals surface area (Å²) in [6.45, 7) is 1.44. The number of nitrogens with one attached hydrogen (secondary N) is 1. The van der Waals surface area contributed by atoms with Crippen LogP contribution >= 0.6 is 15.9 Å². The fourth-order valence-corrected chi connectivity index (χ4v) is 1.75. The van der Waals surface area contributed by atoms with Gasteiger partial charge in [0.15, 0.2) is 0 Å². The van der Waals surface area contributed by atoms with Gasteiger partial charge in [-0.15, -0.1) is 0 Å². The van der Waals surface area contributed by atoms with Gasteiger partial charge in [0.2, 0.25) is 5.91 Å². The smallest absolute Gasteiger partial charge is 0.311 e. The molecule has 4 nitrogen and oxygen atoms in total. The number of carbonyl (C=O) groups is 2. The van der Waals surface area contributed by atoms with Crippen LogP contribution in [0.25, 0.3) is 0 Å². The SMILES string of the molecule is CC(=O)Nc1ccc(OC(=O)CCCCBr)cc1. The van der Waals surface area contributed by atoms with E-state index < -0.39 is 0 Å². The molecule has 0 fully saturated rings. The fourth-order valence-electron chi connectivity index (χ4n) is 1.36. The zero-order valence-corrected chi connectivity index (χ0v) is 11.8. The number of hydrogen-bond donors (Lipinski definition) is 1. The van der Waals surface area contributed by atoms with Crippen LogP contribution in [0.5, 0.6) is 5.75 Å². The molecular formula is C13H16BrNO3.